The first-order valence-corrected chi connectivity index (χ1v) is 17.4. The lowest BCUT2D eigenvalue weighted by atomic mass is 9.93. The van der Waals surface area contributed by atoms with Crippen molar-refractivity contribution in [2.24, 2.45) is 7.05 Å². The third kappa shape index (κ3) is 7.38. The van der Waals surface area contributed by atoms with Crippen molar-refractivity contribution in [1.29, 1.82) is 0 Å². The lowest BCUT2D eigenvalue weighted by molar-refractivity contribution is -0.362. The van der Waals surface area contributed by atoms with Gasteiger partial charge in [-0.3, -0.25) is 14.0 Å². The molecule has 5 heterocycles. The van der Waals surface area contributed by atoms with Crippen LogP contribution in [0.15, 0.2) is 30.6 Å². The van der Waals surface area contributed by atoms with Gasteiger partial charge in [-0.2, -0.15) is 4.98 Å². The highest BCUT2D eigenvalue weighted by molar-refractivity contribution is 7.92. The van der Waals surface area contributed by atoms with E-state index in [1.807, 2.05) is 26.0 Å². The molecule has 0 unspecified atom stereocenters. The third-order valence-electron chi connectivity index (χ3n) is 8.50. The summed E-state index contributed by atoms with van der Waals surface area (Å²) in [6.07, 6.45) is 7.35. The number of morpholine rings is 1. The molecule has 1 aliphatic carbocycles. The lowest BCUT2D eigenvalue weighted by Gasteiger charge is -2.31. The standard InChI is InChI=1S/C31H40N10O5S/c1-20-14-21(2)35-30(34-20)36-22-6-8-25(9-7-22)46-29-26-15-23(17-32-27(26)16-28(37-29)40-10-12-45-13-11-40)41(47(5,43)44)19-24-18-33-31(38(24)3)39(4)42/h14-18,22,25H,4,6-13,19H2,1-3,5H3,(H,34,35,36)/t22-,25+. The van der Waals surface area contributed by atoms with E-state index < -0.39 is 10.0 Å². The van der Waals surface area contributed by atoms with E-state index >= 15 is 0 Å². The van der Waals surface area contributed by atoms with Crippen LogP contribution in [0.1, 0.15) is 42.8 Å². The lowest BCUT2D eigenvalue weighted by Crippen LogP contribution is -2.37. The highest BCUT2D eigenvalue weighted by Gasteiger charge is 2.28. The second kappa shape index (κ2) is 13.3. The SMILES string of the molecule is C=[N+]([O-])c1ncc(CN(c2cnc3cc(N4CCOCC4)nc(O[C@H]4CC[C@@H](Nc5nc(C)cc(C)n5)CC4)c3c2)S(C)(=O)=O)n1C. The van der Waals surface area contributed by atoms with Gasteiger partial charge >= 0.3 is 5.95 Å². The molecule has 16 heteroatoms. The maximum atomic E-state index is 13.1. The van der Waals surface area contributed by atoms with Gasteiger partial charge in [0, 0.05) is 43.3 Å². The Morgan fingerprint density at radius 3 is 2.40 bits per heavy atom. The summed E-state index contributed by atoms with van der Waals surface area (Å²) in [7, 11) is -2.14. The van der Waals surface area contributed by atoms with Crippen molar-refractivity contribution >= 4 is 51.0 Å². The zero-order valence-corrected chi connectivity index (χ0v) is 27.9. The summed E-state index contributed by atoms with van der Waals surface area (Å²) in [5.74, 6) is 1.84. The number of hydrogen-bond donors (Lipinski definition) is 1. The first kappa shape index (κ1) is 32.4. The predicted octanol–water partition coefficient (Wildman–Crippen LogP) is 3.22. The zero-order valence-electron chi connectivity index (χ0n) is 27.1. The zero-order chi connectivity index (χ0) is 33.3. The second-order valence-corrected chi connectivity index (χ2v) is 14.0. The molecule has 1 aliphatic heterocycles. The van der Waals surface area contributed by atoms with Crippen molar-refractivity contribution < 1.29 is 22.6 Å². The highest BCUT2D eigenvalue weighted by Crippen LogP contribution is 2.34. The van der Waals surface area contributed by atoms with Crippen LogP contribution >= 0.6 is 0 Å². The topological polar surface area (TPSA) is 167 Å². The van der Waals surface area contributed by atoms with Gasteiger partial charge in [0.05, 0.1) is 55.8 Å². The number of sulfonamides is 1. The van der Waals surface area contributed by atoms with Crippen LogP contribution in [0.5, 0.6) is 5.88 Å². The van der Waals surface area contributed by atoms with Gasteiger partial charge in [-0.05, 0) is 51.7 Å². The monoisotopic (exact) mass is 664 g/mol. The molecule has 4 aromatic heterocycles. The molecule has 250 valence electrons. The maximum absolute atomic E-state index is 13.1. The summed E-state index contributed by atoms with van der Waals surface area (Å²) < 4.78 is 41.5. The van der Waals surface area contributed by atoms with Crippen molar-refractivity contribution in [3.63, 3.8) is 0 Å². The van der Waals surface area contributed by atoms with E-state index in [0.29, 0.717) is 65.2 Å². The summed E-state index contributed by atoms with van der Waals surface area (Å²) >= 11 is 0. The fourth-order valence-corrected chi connectivity index (χ4v) is 6.92. The second-order valence-electron chi connectivity index (χ2n) is 12.1. The molecule has 0 amide bonds. The summed E-state index contributed by atoms with van der Waals surface area (Å²) in [5, 5.41) is 15.9. The van der Waals surface area contributed by atoms with Gasteiger partial charge in [0.2, 0.25) is 21.9 Å². The molecule has 0 aromatic carbocycles. The number of pyridine rings is 2. The molecule has 1 saturated carbocycles. The minimum Gasteiger partial charge on any atom is -0.741 e. The number of aryl methyl sites for hydroxylation is 2. The van der Waals surface area contributed by atoms with Gasteiger partial charge in [0.25, 0.3) is 0 Å². The van der Waals surface area contributed by atoms with E-state index in [4.69, 9.17) is 19.4 Å². The predicted molar refractivity (Wildman–Crippen MR) is 179 cm³/mol. The van der Waals surface area contributed by atoms with Gasteiger partial charge < -0.3 is 24.9 Å². The number of hydrogen-bond acceptors (Lipinski definition) is 12. The van der Waals surface area contributed by atoms with Crippen molar-refractivity contribution in [2.75, 3.05) is 47.1 Å². The molecule has 0 bridgehead atoms. The Labute approximate surface area is 273 Å². The van der Waals surface area contributed by atoms with Gasteiger partial charge in [-0.25, -0.2) is 23.0 Å². The summed E-state index contributed by atoms with van der Waals surface area (Å²) in [6, 6.07) is 5.82. The molecule has 4 aromatic rings. The average molecular weight is 665 g/mol. The average Bonchev–Trinajstić information content (AvgIpc) is 3.40. The van der Waals surface area contributed by atoms with Crippen LogP contribution in [0.4, 0.5) is 23.4 Å². The van der Waals surface area contributed by atoms with Crippen molar-refractivity contribution in [2.45, 2.75) is 58.2 Å². The van der Waals surface area contributed by atoms with Crippen molar-refractivity contribution in [3.8, 4) is 5.88 Å². The quantitative estimate of drug-likeness (QED) is 0.114. The van der Waals surface area contributed by atoms with Gasteiger partial charge in [0.1, 0.15) is 23.8 Å². The number of fused-ring (bicyclic) bond motifs is 1. The Kier molecular flexibility index (Phi) is 9.14. The van der Waals surface area contributed by atoms with Crippen LogP contribution in [0, 0.1) is 19.1 Å². The number of nitrogens with one attached hydrogen (secondary N) is 1. The fourth-order valence-electron chi connectivity index (χ4n) is 6.07. The molecule has 0 atom stereocenters. The number of ether oxygens (including phenoxy) is 2. The molecule has 1 saturated heterocycles. The maximum Gasteiger partial charge on any atom is 0.398 e. The van der Waals surface area contributed by atoms with Crippen LogP contribution in [0.3, 0.4) is 0 Å². The molecule has 6 rings (SSSR count). The van der Waals surface area contributed by atoms with Crippen LogP contribution in [-0.2, 0) is 28.4 Å². The Morgan fingerprint density at radius 1 is 1.06 bits per heavy atom. The minimum absolute atomic E-state index is 0.0621. The molecule has 2 fully saturated rings. The molecule has 1 N–H and O–H groups in total. The Bertz CT molecular complexity index is 1860. The van der Waals surface area contributed by atoms with Crippen molar-refractivity contribution in [3.05, 3.63) is 52.9 Å². The van der Waals surface area contributed by atoms with Crippen LogP contribution in [-0.4, -0.2) is 94.1 Å². The Balaban J connectivity index is 1.29. The normalized spacial score (nSPS) is 18.7. The first-order chi connectivity index (χ1) is 22.4. The van der Waals surface area contributed by atoms with E-state index in [9.17, 15) is 13.6 Å². The molecule has 2 aliphatic rings. The van der Waals surface area contributed by atoms with E-state index in [1.165, 1.54) is 21.3 Å². The van der Waals surface area contributed by atoms with Gasteiger partial charge in [0.15, 0.2) is 0 Å². The van der Waals surface area contributed by atoms with Gasteiger partial charge in [-0.15, -0.1) is 0 Å². The van der Waals surface area contributed by atoms with Gasteiger partial charge in [-0.1, -0.05) is 4.98 Å². The Morgan fingerprint density at radius 2 is 1.77 bits per heavy atom. The van der Waals surface area contributed by atoms with Crippen LogP contribution in [0.25, 0.3) is 10.9 Å². The largest absolute Gasteiger partial charge is 0.741 e. The highest BCUT2D eigenvalue weighted by atomic mass is 32.2. The molecular formula is C31H40N10O5S. The van der Waals surface area contributed by atoms with Crippen LogP contribution in [0.2, 0.25) is 0 Å². The van der Waals surface area contributed by atoms with E-state index in [-0.39, 0.29) is 24.6 Å². The molecule has 0 spiro atoms. The minimum atomic E-state index is -3.77. The molecule has 0 radical (unpaired) electrons. The summed E-state index contributed by atoms with van der Waals surface area (Å²) in [4.78, 5) is 24.9. The van der Waals surface area contributed by atoms with E-state index in [2.05, 4.69) is 31.9 Å². The third-order valence-corrected chi connectivity index (χ3v) is 9.64. The first-order valence-electron chi connectivity index (χ1n) is 15.6. The summed E-state index contributed by atoms with van der Waals surface area (Å²) in [6.45, 7) is 9.77. The van der Waals surface area contributed by atoms with Crippen molar-refractivity contribution in [1.82, 2.24) is 29.5 Å². The molecule has 15 nitrogen and oxygen atoms in total. The number of nitrogens with zero attached hydrogens (tertiary/aromatic N) is 9. The smallest absolute Gasteiger partial charge is 0.398 e. The molecule has 47 heavy (non-hydrogen) atoms. The number of aromatic nitrogens is 6. The number of rotatable bonds is 10. The fraction of sp³-hybridized carbons (Fsp3) is 0.484. The van der Waals surface area contributed by atoms with E-state index in [0.717, 1.165) is 49.1 Å². The number of imidazole rings is 1. The molecular weight excluding hydrogens is 624 g/mol. The van der Waals surface area contributed by atoms with E-state index in [1.54, 1.807) is 13.1 Å². The number of anilines is 3. The summed E-state index contributed by atoms with van der Waals surface area (Å²) in [5.41, 5.74) is 3.33. The Hall–Kier alpha value is -4.57. The van der Waals surface area contributed by atoms with Crippen LogP contribution < -0.4 is 19.3 Å².